The summed E-state index contributed by atoms with van der Waals surface area (Å²) in [7, 11) is 0. The molecule has 0 saturated heterocycles. The highest BCUT2D eigenvalue weighted by atomic mass is 127. The summed E-state index contributed by atoms with van der Waals surface area (Å²) in [6.45, 7) is 2.47. The highest BCUT2D eigenvalue weighted by Crippen LogP contribution is 2.20. The van der Waals surface area contributed by atoms with Crippen LogP contribution in [0.5, 0.6) is 5.75 Å². The SMILES string of the molecule is Cc1ccc(I)cc1OCCC#N. The molecule has 0 saturated carbocycles. The summed E-state index contributed by atoms with van der Waals surface area (Å²) in [6.07, 6.45) is 0.435. The number of benzene rings is 1. The zero-order valence-corrected chi connectivity index (χ0v) is 9.54. The molecule has 0 aliphatic rings. The molecule has 13 heavy (non-hydrogen) atoms. The molecule has 0 N–H and O–H groups in total. The van der Waals surface area contributed by atoms with Gasteiger partial charge in [0.25, 0.3) is 0 Å². The summed E-state index contributed by atoms with van der Waals surface area (Å²) < 4.78 is 6.58. The van der Waals surface area contributed by atoms with Crippen molar-refractivity contribution >= 4 is 22.6 Å². The molecule has 0 heterocycles. The Hall–Kier alpha value is -0.760. The first-order chi connectivity index (χ1) is 6.24. The molecule has 0 aliphatic carbocycles. The van der Waals surface area contributed by atoms with E-state index in [4.69, 9.17) is 10.00 Å². The van der Waals surface area contributed by atoms with Crippen LogP contribution < -0.4 is 4.74 Å². The van der Waals surface area contributed by atoms with Crippen molar-refractivity contribution in [3.05, 3.63) is 27.3 Å². The highest BCUT2D eigenvalue weighted by Gasteiger charge is 1.99. The number of ether oxygens (including phenoxy) is 1. The molecule has 0 aliphatic heterocycles. The van der Waals surface area contributed by atoms with Crippen molar-refractivity contribution in [2.75, 3.05) is 6.61 Å². The molecule has 3 heteroatoms. The van der Waals surface area contributed by atoms with Gasteiger partial charge < -0.3 is 4.74 Å². The van der Waals surface area contributed by atoms with E-state index in [1.165, 1.54) is 0 Å². The lowest BCUT2D eigenvalue weighted by Crippen LogP contribution is -1.97. The Kier molecular flexibility index (Phi) is 4.03. The second kappa shape index (κ2) is 5.07. The van der Waals surface area contributed by atoms with E-state index in [-0.39, 0.29) is 0 Å². The maximum Gasteiger partial charge on any atom is 0.123 e. The third-order valence-corrected chi connectivity index (χ3v) is 2.29. The molecule has 0 aromatic heterocycles. The van der Waals surface area contributed by atoms with Crippen LogP contribution in [0.1, 0.15) is 12.0 Å². The second-order valence-electron chi connectivity index (χ2n) is 2.67. The molecule has 0 bridgehead atoms. The van der Waals surface area contributed by atoms with Gasteiger partial charge in [0.2, 0.25) is 0 Å². The summed E-state index contributed by atoms with van der Waals surface area (Å²) in [4.78, 5) is 0. The van der Waals surface area contributed by atoms with Crippen LogP contribution in [0.2, 0.25) is 0 Å². The average Bonchev–Trinajstić information content (AvgIpc) is 2.11. The van der Waals surface area contributed by atoms with E-state index in [0.717, 1.165) is 14.9 Å². The predicted molar refractivity (Wildman–Crippen MR) is 59.6 cm³/mol. The molecule has 0 atom stereocenters. The van der Waals surface area contributed by atoms with Crippen LogP contribution in [0.15, 0.2) is 18.2 Å². The topological polar surface area (TPSA) is 33.0 Å². The number of nitrogens with zero attached hydrogens (tertiary/aromatic N) is 1. The summed E-state index contributed by atoms with van der Waals surface area (Å²) in [6, 6.07) is 8.08. The molecule has 1 aromatic rings. The smallest absolute Gasteiger partial charge is 0.123 e. The fourth-order valence-corrected chi connectivity index (χ4v) is 1.40. The molecular weight excluding hydrogens is 277 g/mol. The monoisotopic (exact) mass is 287 g/mol. The first-order valence-electron chi connectivity index (χ1n) is 4.00. The quantitative estimate of drug-likeness (QED) is 0.632. The van der Waals surface area contributed by atoms with Crippen LogP contribution >= 0.6 is 22.6 Å². The molecule has 0 spiro atoms. The van der Waals surface area contributed by atoms with Crippen molar-refractivity contribution < 1.29 is 4.74 Å². The van der Waals surface area contributed by atoms with Gasteiger partial charge in [0.05, 0.1) is 12.5 Å². The lowest BCUT2D eigenvalue weighted by Gasteiger charge is -2.07. The Labute approximate surface area is 91.7 Å². The lowest BCUT2D eigenvalue weighted by molar-refractivity contribution is 0.324. The van der Waals surface area contributed by atoms with Crippen molar-refractivity contribution in [3.63, 3.8) is 0 Å². The molecule has 68 valence electrons. The standard InChI is InChI=1S/C10H10INO/c1-8-3-4-9(11)7-10(8)13-6-2-5-12/h3-4,7H,2,6H2,1H3. The minimum atomic E-state index is 0.435. The maximum absolute atomic E-state index is 8.34. The number of halogens is 1. The molecule has 0 amide bonds. The Bertz CT molecular complexity index is 330. The lowest BCUT2D eigenvalue weighted by atomic mass is 10.2. The van der Waals surface area contributed by atoms with E-state index in [1.807, 2.05) is 31.2 Å². The van der Waals surface area contributed by atoms with Crippen LogP contribution in [0.3, 0.4) is 0 Å². The van der Waals surface area contributed by atoms with Crippen LogP contribution in [0, 0.1) is 21.8 Å². The number of nitriles is 1. The minimum absolute atomic E-state index is 0.435. The fourth-order valence-electron chi connectivity index (χ4n) is 0.936. The summed E-state index contributed by atoms with van der Waals surface area (Å²) in [5.41, 5.74) is 1.11. The van der Waals surface area contributed by atoms with Crippen molar-refractivity contribution in [3.8, 4) is 11.8 Å². The van der Waals surface area contributed by atoms with Gasteiger partial charge in [0.1, 0.15) is 12.4 Å². The van der Waals surface area contributed by atoms with E-state index in [2.05, 4.69) is 22.6 Å². The van der Waals surface area contributed by atoms with Crippen LogP contribution in [0.25, 0.3) is 0 Å². The van der Waals surface area contributed by atoms with Crippen molar-refractivity contribution in [1.29, 1.82) is 5.26 Å². The van der Waals surface area contributed by atoms with Gasteiger partial charge in [-0.2, -0.15) is 5.26 Å². The highest BCUT2D eigenvalue weighted by molar-refractivity contribution is 14.1. The Balaban J connectivity index is 2.65. The summed E-state index contributed by atoms with van der Waals surface area (Å²) in [5, 5.41) is 8.34. The maximum atomic E-state index is 8.34. The normalized spacial score (nSPS) is 9.31. The summed E-state index contributed by atoms with van der Waals surface area (Å²) in [5.74, 6) is 0.877. The molecule has 0 radical (unpaired) electrons. The zero-order valence-electron chi connectivity index (χ0n) is 7.38. The average molecular weight is 287 g/mol. The van der Waals surface area contributed by atoms with E-state index in [9.17, 15) is 0 Å². The fraction of sp³-hybridized carbons (Fsp3) is 0.300. The molecule has 1 aromatic carbocycles. The number of hydrogen-bond donors (Lipinski definition) is 0. The Morgan fingerprint density at radius 2 is 2.31 bits per heavy atom. The van der Waals surface area contributed by atoms with Gasteiger partial charge in [0.15, 0.2) is 0 Å². The van der Waals surface area contributed by atoms with Crippen molar-refractivity contribution in [2.45, 2.75) is 13.3 Å². The molecule has 0 unspecified atom stereocenters. The first-order valence-corrected chi connectivity index (χ1v) is 5.08. The van der Waals surface area contributed by atoms with E-state index < -0.39 is 0 Å². The van der Waals surface area contributed by atoms with E-state index in [1.54, 1.807) is 0 Å². The third-order valence-electron chi connectivity index (χ3n) is 1.62. The van der Waals surface area contributed by atoms with Gasteiger partial charge in [-0.1, -0.05) is 6.07 Å². The minimum Gasteiger partial charge on any atom is -0.492 e. The van der Waals surface area contributed by atoms with Crippen molar-refractivity contribution in [2.24, 2.45) is 0 Å². The largest absolute Gasteiger partial charge is 0.492 e. The van der Waals surface area contributed by atoms with Crippen LogP contribution in [-0.2, 0) is 0 Å². The van der Waals surface area contributed by atoms with Crippen LogP contribution in [0.4, 0.5) is 0 Å². The second-order valence-corrected chi connectivity index (χ2v) is 3.91. The van der Waals surface area contributed by atoms with Gasteiger partial charge in [-0.3, -0.25) is 0 Å². The Morgan fingerprint density at radius 3 is 3.00 bits per heavy atom. The van der Waals surface area contributed by atoms with E-state index >= 15 is 0 Å². The molecular formula is C10H10INO. The predicted octanol–water partition coefficient (Wildman–Crippen LogP) is 2.89. The van der Waals surface area contributed by atoms with Gasteiger partial charge >= 0.3 is 0 Å². The van der Waals surface area contributed by atoms with Gasteiger partial charge in [-0.05, 0) is 47.2 Å². The molecule has 1 rings (SSSR count). The van der Waals surface area contributed by atoms with Gasteiger partial charge in [-0.25, -0.2) is 0 Å². The van der Waals surface area contributed by atoms with Gasteiger partial charge in [0, 0.05) is 3.57 Å². The Morgan fingerprint density at radius 1 is 1.54 bits per heavy atom. The number of rotatable bonds is 3. The van der Waals surface area contributed by atoms with Gasteiger partial charge in [-0.15, -0.1) is 0 Å². The first kappa shape index (κ1) is 10.3. The number of hydrogen-bond acceptors (Lipinski definition) is 2. The number of aryl methyl sites for hydroxylation is 1. The van der Waals surface area contributed by atoms with Crippen LogP contribution in [-0.4, -0.2) is 6.61 Å². The molecule has 0 fully saturated rings. The van der Waals surface area contributed by atoms with E-state index in [0.29, 0.717) is 13.0 Å². The summed E-state index contributed by atoms with van der Waals surface area (Å²) >= 11 is 2.24. The zero-order chi connectivity index (χ0) is 9.68. The van der Waals surface area contributed by atoms with Crippen molar-refractivity contribution in [1.82, 2.24) is 0 Å². The third kappa shape index (κ3) is 3.23. The molecule has 2 nitrogen and oxygen atoms in total.